The Morgan fingerprint density at radius 3 is 2.65 bits per heavy atom. The first kappa shape index (κ1) is 13.0. The minimum Gasteiger partial charge on any atom is -0.271 e. The lowest BCUT2D eigenvalue weighted by Crippen LogP contribution is -2.28. The summed E-state index contributed by atoms with van der Waals surface area (Å²) >= 11 is 10.4. The van der Waals surface area contributed by atoms with E-state index in [0.717, 1.165) is 10.4 Å². The van der Waals surface area contributed by atoms with Crippen molar-refractivity contribution >= 4 is 38.9 Å². The van der Waals surface area contributed by atoms with Crippen LogP contribution in [0.2, 0.25) is 4.34 Å². The van der Waals surface area contributed by atoms with Crippen LogP contribution in [0.15, 0.2) is 34.8 Å². The van der Waals surface area contributed by atoms with Gasteiger partial charge in [-0.3, -0.25) is 5.84 Å². The lowest BCUT2D eigenvalue weighted by Gasteiger charge is -2.14. The Bertz CT molecular complexity index is 532. The molecule has 0 saturated heterocycles. The van der Waals surface area contributed by atoms with Gasteiger partial charge in [0.25, 0.3) is 0 Å². The fourth-order valence-electron chi connectivity index (χ4n) is 1.52. The topological polar surface area (TPSA) is 38.0 Å². The quantitative estimate of drug-likeness (QED) is 0.660. The van der Waals surface area contributed by atoms with Gasteiger partial charge in [-0.05, 0) is 45.8 Å². The number of nitrogens with two attached hydrogens (primary N) is 1. The molecule has 17 heavy (non-hydrogen) atoms. The number of hydrazine groups is 1. The summed E-state index contributed by atoms with van der Waals surface area (Å²) in [5.74, 6) is 5.20. The molecule has 3 N–H and O–H groups in total. The highest BCUT2D eigenvalue weighted by Crippen LogP contribution is 2.31. The Morgan fingerprint density at radius 1 is 1.35 bits per heavy atom. The maximum absolute atomic E-state index is 13.5. The fraction of sp³-hybridized carbons (Fsp3) is 0.0909. The molecule has 0 amide bonds. The van der Waals surface area contributed by atoms with Gasteiger partial charge in [-0.15, -0.1) is 11.3 Å². The molecule has 1 aromatic carbocycles. The van der Waals surface area contributed by atoms with Gasteiger partial charge < -0.3 is 0 Å². The highest BCUT2D eigenvalue weighted by Gasteiger charge is 2.15. The average molecular weight is 336 g/mol. The van der Waals surface area contributed by atoms with Crippen molar-refractivity contribution in [3.8, 4) is 0 Å². The summed E-state index contributed by atoms with van der Waals surface area (Å²) in [7, 11) is 0. The Hall–Kier alpha value is -0.460. The van der Waals surface area contributed by atoms with Crippen LogP contribution >= 0.6 is 38.9 Å². The van der Waals surface area contributed by atoms with E-state index in [1.165, 1.54) is 17.4 Å². The SMILES string of the molecule is NNC(c1ccc(Br)c(F)c1)c1ccc(Cl)s1. The molecule has 2 nitrogen and oxygen atoms in total. The van der Waals surface area contributed by atoms with Crippen molar-refractivity contribution in [3.05, 3.63) is 55.4 Å². The van der Waals surface area contributed by atoms with E-state index in [4.69, 9.17) is 17.4 Å². The molecule has 0 fully saturated rings. The Labute approximate surface area is 116 Å². The number of benzene rings is 1. The largest absolute Gasteiger partial charge is 0.271 e. The van der Waals surface area contributed by atoms with E-state index in [1.54, 1.807) is 12.1 Å². The second-order valence-electron chi connectivity index (χ2n) is 3.42. The van der Waals surface area contributed by atoms with E-state index < -0.39 is 0 Å². The first-order chi connectivity index (χ1) is 8.11. The van der Waals surface area contributed by atoms with Gasteiger partial charge in [0.1, 0.15) is 5.82 Å². The number of rotatable bonds is 3. The van der Waals surface area contributed by atoms with Gasteiger partial charge >= 0.3 is 0 Å². The highest BCUT2D eigenvalue weighted by atomic mass is 79.9. The summed E-state index contributed by atoms with van der Waals surface area (Å²) < 4.78 is 14.6. The monoisotopic (exact) mass is 334 g/mol. The summed E-state index contributed by atoms with van der Waals surface area (Å²) in [6, 6.07) is 8.33. The molecule has 6 heteroatoms. The van der Waals surface area contributed by atoms with E-state index in [9.17, 15) is 4.39 Å². The van der Waals surface area contributed by atoms with E-state index in [1.807, 2.05) is 12.1 Å². The second-order valence-corrected chi connectivity index (χ2v) is 6.02. The van der Waals surface area contributed by atoms with Gasteiger partial charge in [0.2, 0.25) is 0 Å². The lowest BCUT2D eigenvalue weighted by atomic mass is 10.1. The average Bonchev–Trinajstić information content (AvgIpc) is 2.71. The van der Waals surface area contributed by atoms with Crippen molar-refractivity contribution in [3.63, 3.8) is 0 Å². The summed E-state index contributed by atoms with van der Waals surface area (Å²) in [5, 5.41) is 0. The van der Waals surface area contributed by atoms with Gasteiger partial charge in [0.05, 0.1) is 14.9 Å². The molecule has 1 atom stereocenters. The zero-order valence-electron chi connectivity index (χ0n) is 8.58. The normalized spacial score (nSPS) is 12.7. The number of hydrogen-bond acceptors (Lipinski definition) is 3. The van der Waals surface area contributed by atoms with Crippen LogP contribution in [0.1, 0.15) is 16.5 Å². The zero-order chi connectivity index (χ0) is 12.4. The number of hydrogen-bond donors (Lipinski definition) is 2. The first-order valence-corrected chi connectivity index (χ1v) is 6.77. The van der Waals surface area contributed by atoms with Gasteiger partial charge in [-0.1, -0.05) is 17.7 Å². The Kier molecular flexibility index (Phi) is 4.17. The first-order valence-electron chi connectivity index (χ1n) is 4.78. The van der Waals surface area contributed by atoms with Crippen LogP contribution < -0.4 is 11.3 Å². The number of halogens is 3. The van der Waals surface area contributed by atoms with Crippen LogP contribution in [-0.2, 0) is 0 Å². The van der Waals surface area contributed by atoms with Crippen LogP contribution in [0.5, 0.6) is 0 Å². The Morgan fingerprint density at radius 2 is 2.12 bits per heavy atom. The van der Waals surface area contributed by atoms with E-state index >= 15 is 0 Å². The molecule has 0 spiro atoms. The van der Waals surface area contributed by atoms with Crippen molar-refractivity contribution in [2.75, 3.05) is 0 Å². The standard InChI is InChI=1S/C11H9BrClFN2S/c12-7-2-1-6(5-8(7)14)11(16-15)9-3-4-10(13)17-9/h1-5,11,16H,15H2. The molecular weight excluding hydrogens is 327 g/mol. The van der Waals surface area contributed by atoms with E-state index in [-0.39, 0.29) is 11.9 Å². The smallest absolute Gasteiger partial charge is 0.137 e. The van der Waals surface area contributed by atoms with Gasteiger partial charge in [-0.25, -0.2) is 9.82 Å². The third-order valence-electron chi connectivity index (χ3n) is 2.32. The third-order valence-corrected chi connectivity index (χ3v) is 4.26. The fourth-order valence-corrected chi connectivity index (χ4v) is 2.91. The molecule has 1 heterocycles. The van der Waals surface area contributed by atoms with Crippen LogP contribution in [0.4, 0.5) is 4.39 Å². The molecule has 0 radical (unpaired) electrons. The van der Waals surface area contributed by atoms with Crippen molar-refractivity contribution in [1.82, 2.24) is 5.43 Å². The van der Waals surface area contributed by atoms with Crippen LogP contribution in [-0.4, -0.2) is 0 Å². The highest BCUT2D eigenvalue weighted by molar-refractivity contribution is 9.10. The minimum atomic E-state index is -0.314. The predicted molar refractivity (Wildman–Crippen MR) is 72.6 cm³/mol. The molecule has 1 unspecified atom stereocenters. The van der Waals surface area contributed by atoms with Gasteiger partial charge in [0, 0.05) is 4.88 Å². The lowest BCUT2D eigenvalue weighted by molar-refractivity contribution is 0.603. The van der Waals surface area contributed by atoms with Crippen molar-refractivity contribution in [2.45, 2.75) is 6.04 Å². The third kappa shape index (κ3) is 2.86. The molecule has 0 bridgehead atoms. The van der Waals surface area contributed by atoms with Crippen molar-refractivity contribution in [2.24, 2.45) is 5.84 Å². The van der Waals surface area contributed by atoms with Crippen LogP contribution in [0.3, 0.4) is 0 Å². The minimum absolute atomic E-state index is 0.255. The Balaban J connectivity index is 2.38. The molecule has 90 valence electrons. The van der Waals surface area contributed by atoms with Crippen LogP contribution in [0, 0.1) is 5.82 Å². The maximum Gasteiger partial charge on any atom is 0.137 e. The molecule has 1 aromatic heterocycles. The van der Waals surface area contributed by atoms with Gasteiger partial charge in [0.15, 0.2) is 0 Å². The van der Waals surface area contributed by atoms with Crippen LogP contribution in [0.25, 0.3) is 0 Å². The molecule has 0 aliphatic heterocycles. The number of nitrogens with one attached hydrogen (secondary N) is 1. The van der Waals surface area contributed by atoms with E-state index in [2.05, 4.69) is 21.4 Å². The van der Waals surface area contributed by atoms with E-state index in [0.29, 0.717) is 8.81 Å². The second kappa shape index (κ2) is 5.46. The van der Waals surface area contributed by atoms with Crippen molar-refractivity contribution in [1.29, 1.82) is 0 Å². The molecule has 0 saturated carbocycles. The maximum atomic E-state index is 13.5. The summed E-state index contributed by atoms with van der Waals surface area (Å²) in [6.07, 6.45) is 0. The summed E-state index contributed by atoms with van der Waals surface area (Å²) in [4.78, 5) is 0.944. The molecule has 2 rings (SSSR count). The summed E-state index contributed by atoms with van der Waals surface area (Å²) in [5.41, 5.74) is 3.42. The molecule has 0 aliphatic rings. The zero-order valence-corrected chi connectivity index (χ0v) is 11.7. The summed E-state index contributed by atoms with van der Waals surface area (Å²) in [6.45, 7) is 0. The predicted octanol–water partition coefficient (Wildman–Crippen LogP) is 3.86. The van der Waals surface area contributed by atoms with Crippen molar-refractivity contribution < 1.29 is 4.39 Å². The molecule has 0 aliphatic carbocycles. The van der Waals surface area contributed by atoms with Gasteiger partial charge in [-0.2, -0.15) is 0 Å². The molecular formula is C11H9BrClFN2S. The molecule has 2 aromatic rings. The number of thiophene rings is 1.